The maximum Gasteiger partial charge on any atom is 0.262 e. The van der Waals surface area contributed by atoms with Crippen LogP contribution in [0.15, 0.2) is 41.3 Å². The van der Waals surface area contributed by atoms with Crippen molar-refractivity contribution in [3.05, 3.63) is 47.8 Å². The number of halogens is 1. The number of piperidine rings is 1. The van der Waals surface area contributed by atoms with E-state index >= 15 is 0 Å². The lowest BCUT2D eigenvalue weighted by molar-refractivity contribution is -0.121. The molecule has 2 aliphatic heterocycles. The van der Waals surface area contributed by atoms with Crippen molar-refractivity contribution in [1.29, 1.82) is 0 Å². The minimum Gasteiger partial charge on any atom is -0.482 e. The number of sulfonamides is 1. The number of hydrogen-bond donors (Lipinski definition) is 2. The molecule has 2 heterocycles. The number of benzene rings is 2. The molecule has 0 spiro atoms. The number of ether oxygens (including phenoxy) is 1. The molecular formula is C21H22FN3O5S. The second-order valence-corrected chi connectivity index (χ2v) is 9.58. The summed E-state index contributed by atoms with van der Waals surface area (Å²) in [5.41, 5.74) is 1.39. The zero-order valence-corrected chi connectivity index (χ0v) is 17.7. The number of amides is 2. The molecule has 2 amide bonds. The molecule has 2 aliphatic rings. The Hall–Kier alpha value is -2.98. The summed E-state index contributed by atoms with van der Waals surface area (Å²) in [6.45, 7) is 1.90. The van der Waals surface area contributed by atoms with Gasteiger partial charge in [-0.15, -0.1) is 0 Å². The van der Waals surface area contributed by atoms with E-state index < -0.39 is 21.8 Å². The third-order valence-corrected chi connectivity index (χ3v) is 7.28. The van der Waals surface area contributed by atoms with Crippen LogP contribution in [-0.2, 0) is 19.6 Å². The van der Waals surface area contributed by atoms with Crippen LogP contribution in [0.2, 0.25) is 0 Å². The van der Waals surface area contributed by atoms with E-state index in [-0.39, 0.29) is 29.9 Å². The average molecular weight is 447 g/mol. The van der Waals surface area contributed by atoms with Crippen molar-refractivity contribution in [2.24, 2.45) is 5.92 Å². The molecule has 2 aromatic carbocycles. The van der Waals surface area contributed by atoms with Gasteiger partial charge in [-0.1, -0.05) is 0 Å². The van der Waals surface area contributed by atoms with Crippen molar-refractivity contribution in [3.8, 4) is 5.75 Å². The Bertz CT molecular complexity index is 1150. The zero-order chi connectivity index (χ0) is 22.2. The maximum atomic E-state index is 13.3. The predicted molar refractivity (Wildman–Crippen MR) is 112 cm³/mol. The molecule has 0 radical (unpaired) electrons. The van der Waals surface area contributed by atoms with Crippen molar-refractivity contribution in [2.75, 3.05) is 30.3 Å². The SMILES string of the molecule is Cc1cc(F)ccc1NC(=O)[C@H]1CCCN(S(=O)(=O)c2ccc3c(c2)NC(=O)CO3)C1. The quantitative estimate of drug-likeness (QED) is 0.749. The lowest BCUT2D eigenvalue weighted by Crippen LogP contribution is -2.43. The fraction of sp³-hybridized carbons (Fsp3) is 0.333. The van der Waals surface area contributed by atoms with Gasteiger partial charge in [-0.3, -0.25) is 9.59 Å². The topological polar surface area (TPSA) is 105 Å². The number of hydrogen-bond acceptors (Lipinski definition) is 5. The van der Waals surface area contributed by atoms with Crippen molar-refractivity contribution in [3.63, 3.8) is 0 Å². The van der Waals surface area contributed by atoms with Crippen LogP contribution >= 0.6 is 0 Å². The molecule has 4 rings (SSSR count). The van der Waals surface area contributed by atoms with Crippen LogP contribution in [0.4, 0.5) is 15.8 Å². The summed E-state index contributed by atoms with van der Waals surface area (Å²) in [7, 11) is -3.87. The van der Waals surface area contributed by atoms with Crippen molar-refractivity contribution in [2.45, 2.75) is 24.7 Å². The Morgan fingerprint density at radius 1 is 1.26 bits per heavy atom. The van der Waals surface area contributed by atoms with Gasteiger partial charge in [-0.25, -0.2) is 12.8 Å². The van der Waals surface area contributed by atoms with Crippen LogP contribution in [0.25, 0.3) is 0 Å². The molecule has 2 N–H and O–H groups in total. The summed E-state index contributed by atoms with van der Waals surface area (Å²) >= 11 is 0. The number of carbonyl (C=O) groups excluding carboxylic acids is 2. The monoisotopic (exact) mass is 447 g/mol. The number of nitrogens with zero attached hydrogens (tertiary/aromatic N) is 1. The largest absolute Gasteiger partial charge is 0.482 e. The highest BCUT2D eigenvalue weighted by Crippen LogP contribution is 2.32. The lowest BCUT2D eigenvalue weighted by Gasteiger charge is -2.31. The Labute approximate surface area is 179 Å². The Morgan fingerprint density at radius 3 is 2.84 bits per heavy atom. The average Bonchev–Trinajstić information content (AvgIpc) is 2.75. The van der Waals surface area contributed by atoms with Crippen LogP contribution < -0.4 is 15.4 Å². The van der Waals surface area contributed by atoms with Gasteiger partial charge in [0.2, 0.25) is 15.9 Å². The second-order valence-electron chi connectivity index (χ2n) is 7.65. The number of anilines is 2. The van der Waals surface area contributed by atoms with E-state index in [0.29, 0.717) is 42.1 Å². The number of carbonyl (C=O) groups is 2. The van der Waals surface area contributed by atoms with E-state index in [0.717, 1.165) is 0 Å². The van der Waals surface area contributed by atoms with Crippen LogP contribution in [0.3, 0.4) is 0 Å². The third kappa shape index (κ3) is 4.40. The van der Waals surface area contributed by atoms with Crippen LogP contribution in [0, 0.1) is 18.7 Å². The van der Waals surface area contributed by atoms with Gasteiger partial charge in [-0.2, -0.15) is 4.31 Å². The molecule has 31 heavy (non-hydrogen) atoms. The van der Waals surface area contributed by atoms with Gasteiger partial charge in [0.25, 0.3) is 5.91 Å². The zero-order valence-electron chi connectivity index (χ0n) is 16.9. The first-order chi connectivity index (χ1) is 14.7. The molecule has 0 aliphatic carbocycles. The van der Waals surface area contributed by atoms with Crippen LogP contribution in [0.5, 0.6) is 5.75 Å². The molecule has 0 aromatic heterocycles. The second kappa shape index (κ2) is 8.27. The van der Waals surface area contributed by atoms with E-state index in [9.17, 15) is 22.4 Å². The van der Waals surface area contributed by atoms with E-state index in [4.69, 9.17) is 4.74 Å². The fourth-order valence-electron chi connectivity index (χ4n) is 3.75. The van der Waals surface area contributed by atoms with Crippen LogP contribution in [0.1, 0.15) is 18.4 Å². The third-order valence-electron chi connectivity index (χ3n) is 5.42. The Balaban J connectivity index is 1.50. The Kier molecular flexibility index (Phi) is 5.67. The molecule has 8 nitrogen and oxygen atoms in total. The van der Waals surface area contributed by atoms with Crippen molar-refractivity contribution < 1.29 is 27.1 Å². The maximum absolute atomic E-state index is 13.3. The first kappa shape index (κ1) is 21.3. The number of aryl methyl sites for hydroxylation is 1. The number of nitrogens with one attached hydrogen (secondary N) is 2. The van der Waals surface area contributed by atoms with Gasteiger partial charge < -0.3 is 15.4 Å². The molecule has 0 bridgehead atoms. The van der Waals surface area contributed by atoms with Gasteiger partial charge >= 0.3 is 0 Å². The van der Waals surface area contributed by atoms with Gasteiger partial charge in [0, 0.05) is 18.8 Å². The minimum absolute atomic E-state index is 0.0208. The molecule has 0 saturated carbocycles. The highest BCUT2D eigenvalue weighted by molar-refractivity contribution is 7.89. The standard InChI is InChI=1S/C21H22FN3O5S/c1-13-9-15(22)4-6-17(13)24-21(27)14-3-2-8-25(11-14)31(28,29)16-5-7-19-18(10-16)23-20(26)12-30-19/h4-7,9-10,14H,2-3,8,11-12H2,1H3,(H,23,26)(H,24,27)/t14-/m0/s1. The predicted octanol–water partition coefficient (Wildman–Crippen LogP) is 2.50. The molecule has 0 unspecified atom stereocenters. The summed E-state index contributed by atoms with van der Waals surface area (Å²) in [5.74, 6) is -1.18. The lowest BCUT2D eigenvalue weighted by atomic mass is 9.98. The molecule has 164 valence electrons. The summed E-state index contributed by atoms with van der Waals surface area (Å²) in [5, 5.41) is 5.37. The minimum atomic E-state index is -3.87. The van der Waals surface area contributed by atoms with E-state index in [1.807, 2.05) is 0 Å². The summed E-state index contributed by atoms with van der Waals surface area (Å²) < 4.78 is 46.2. The van der Waals surface area contributed by atoms with E-state index in [1.54, 1.807) is 6.92 Å². The molecule has 1 fully saturated rings. The Morgan fingerprint density at radius 2 is 2.06 bits per heavy atom. The molecule has 10 heteroatoms. The summed E-state index contributed by atoms with van der Waals surface area (Å²) in [6.07, 6.45) is 1.08. The summed E-state index contributed by atoms with van der Waals surface area (Å²) in [4.78, 5) is 24.3. The van der Waals surface area contributed by atoms with Gasteiger partial charge in [0.15, 0.2) is 6.61 Å². The van der Waals surface area contributed by atoms with Gasteiger partial charge in [0.05, 0.1) is 16.5 Å². The highest BCUT2D eigenvalue weighted by atomic mass is 32.2. The normalized spacial score (nSPS) is 19.2. The van der Waals surface area contributed by atoms with Gasteiger partial charge in [-0.05, 0) is 61.7 Å². The van der Waals surface area contributed by atoms with Crippen molar-refractivity contribution in [1.82, 2.24) is 4.31 Å². The molecular weight excluding hydrogens is 425 g/mol. The molecule has 1 atom stereocenters. The van der Waals surface area contributed by atoms with E-state index in [1.165, 1.54) is 40.7 Å². The van der Waals surface area contributed by atoms with Gasteiger partial charge in [0.1, 0.15) is 11.6 Å². The van der Waals surface area contributed by atoms with Crippen molar-refractivity contribution >= 4 is 33.2 Å². The first-order valence-corrected chi connectivity index (χ1v) is 11.3. The highest BCUT2D eigenvalue weighted by Gasteiger charge is 2.34. The summed E-state index contributed by atoms with van der Waals surface area (Å²) in [6, 6.07) is 8.38. The number of fused-ring (bicyclic) bond motifs is 1. The smallest absolute Gasteiger partial charge is 0.262 e. The molecule has 1 saturated heterocycles. The first-order valence-electron chi connectivity index (χ1n) is 9.88. The molecule has 2 aromatic rings. The number of rotatable bonds is 4. The fourth-order valence-corrected chi connectivity index (χ4v) is 5.30. The van der Waals surface area contributed by atoms with Crippen LogP contribution in [-0.4, -0.2) is 44.2 Å². The van der Waals surface area contributed by atoms with E-state index in [2.05, 4.69) is 10.6 Å².